The van der Waals surface area contributed by atoms with Gasteiger partial charge in [-0.15, -0.1) is 0 Å². The van der Waals surface area contributed by atoms with Gasteiger partial charge in [-0.05, 0) is 6.07 Å². The summed E-state index contributed by atoms with van der Waals surface area (Å²) in [6, 6.07) is 4.64. The van der Waals surface area contributed by atoms with Crippen LogP contribution in [0.5, 0.6) is 5.75 Å². The van der Waals surface area contributed by atoms with Gasteiger partial charge < -0.3 is 15.3 Å². The van der Waals surface area contributed by atoms with Gasteiger partial charge in [-0.3, -0.25) is 14.9 Å². The first-order valence-electron chi connectivity index (χ1n) is 4.48. The van der Waals surface area contributed by atoms with Crippen LogP contribution in [-0.2, 0) is 9.59 Å². The number of phenols is 1. The van der Waals surface area contributed by atoms with E-state index in [4.69, 9.17) is 10.2 Å². The smallest absolute Gasteiger partial charge is 0.325 e. The van der Waals surface area contributed by atoms with Crippen LogP contribution in [0.1, 0.15) is 11.6 Å². The second-order valence-corrected chi connectivity index (χ2v) is 3.10. The number of hydrogen-bond donors (Lipinski definition) is 4. The molecule has 0 bridgehead atoms. The van der Waals surface area contributed by atoms with E-state index in [0.717, 1.165) is 0 Å². The molecule has 0 amide bonds. The number of hydrogen-bond acceptors (Lipinski definition) is 4. The third kappa shape index (κ3) is 2.96. The lowest BCUT2D eigenvalue weighted by Gasteiger charge is -2.14. The third-order valence-corrected chi connectivity index (χ3v) is 1.95. The fourth-order valence-electron chi connectivity index (χ4n) is 1.25. The molecule has 6 nitrogen and oxygen atoms in total. The van der Waals surface area contributed by atoms with Crippen LogP contribution >= 0.6 is 0 Å². The highest BCUT2D eigenvalue weighted by molar-refractivity contribution is 5.78. The summed E-state index contributed by atoms with van der Waals surface area (Å²) in [6.07, 6.45) is 0. The summed E-state index contributed by atoms with van der Waals surface area (Å²) in [5, 5.41) is 29.1. The van der Waals surface area contributed by atoms with E-state index in [0.29, 0.717) is 0 Å². The van der Waals surface area contributed by atoms with Gasteiger partial charge in [-0.1, -0.05) is 18.2 Å². The van der Waals surface area contributed by atoms with E-state index in [1.807, 2.05) is 0 Å². The van der Waals surface area contributed by atoms with Gasteiger partial charge in [0.05, 0.1) is 6.54 Å². The average Bonchev–Trinajstić information content (AvgIpc) is 2.20. The van der Waals surface area contributed by atoms with E-state index in [2.05, 4.69) is 5.32 Å². The lowest BCUT2D eigenvalue weighted by Crippen LogP contribution is -2.32. The Morgan fingerprint density at radius 2 is 1.88 bits per heavy atom. The van der Waals surface area contributed by atoms with Crippen molar-refractivity contribution < 1.29 is 24.9 Å². The molecule has 0 aliphatic heterocycles. The second-order valence-electron chi connectivity index (χ2n) is 3.10. The first-order chi connectivity index (χ1) is 7.52. The van der Waals surface area contributed by atoms with Crippen LogP contribution in [0.3, 0.4) is 0 Å². The van der Waals surface area contributed by atoms with Crippen molar-refractivity contribution in [1.29, 1.82) is 0 Å². The van der Waals surface area contributed by atoms with E-state index in [9.17, 15) is 14.7 Å². The summed E-state index contributed by atoms with van der Waals surface area (Å²) in [5.74, 6) is -2.60. The molecular formula is C10H11NO5. The molecule has 0 heterocycles. The zero-order valence-corrected chi connectivity index (χ0v) is 8.25. The topological polar surface area (TPSA) is 107 Å². The largest absolute Gasteiger partial charge is 0.508 e. The van der Waals surface area contributed by atoms with E-state index in [1.165, 1.54) is 12.1 Å². The van der Waals surface area contributed by atoms with E-state index in [-0.39, 0.29) is 11.3 Å². The highest BCUT2D eigenvalue weighted by atomic mass is 16.4. The molecule has 0 radical (unpaired) electrons. The van der Waals surface area contributed by atoms with Crippen LogP contribution in [0.25, 0.3) is 0 Å². The van der Waals surface area contributed by atoms with Crippen LogP contribution < -0.4 is 5.32 Å². The van der Waals surface area contributed by atoms with E-state index < -0.39 is 24.5 Å². The number of aliphatic carboxylic acids is 2. The molecule has 86 valence electrons. The molecular weight excluding hydrogens is 214 g/mol. The number of carbonyl (C=O) groups is 2. The second kappa shape index (κ2) is 5.13. The summed E-state index contributed by atoms with van der Waals surface area (Å²) in [7, 11) is 0. The molecule has 0 fully saturated rings. The van der Waals surface area contributed by atoms with Crippen molar-refractivity contribution in [2.75, 3.05) is 6.54 Å². The molecule has 0 aliphatic rings. The first-order valence-corrected chi connectivity index (χ1v) is 4.48. The van der Waals surface area contributed by atoms with Gasteiger partial charge >= 0.3 is 11.9 Å². The molecule has 1 aromatic rings. The normalized spacial score (nSPS) is 12.0. The van der Waals surface area contributed by atoms with Gasteiger partial charge in [0.2, 0.25) is 0 Å². The first kappa shape index (κ1) is 12.0. The molecule has 0 saturated carbocycles. The molecule has 0 aromatic heterocycles. The minimum atomic E-state index is -1.25. The lowest BCUT2D eigenvalue weighted by atomic mass is 10.1. The number of aromatic hydroxyl groups is 1. The molecule has 1 atom stereocenters. The summed E-state index contributed by atoms with van der Waals surface area (Å²) in [5.41, 5.74) is 0.135. The third-order valence-electron chi connectivity index (χ3n) is 1.95. The van der Waals surface area contributed by atoms with Gasteiger partial charge in [0.25, 0.3) is 0 Å². The number of rotatable bonds is 5. The molecule has 1 rings (SSSR count). The van der Waals surface area contributed by atoms with Crippen molar-refractivity contribution in [3.8, 4) is 5.75 Å². The molecule has 1 aromatic carbocycles. The SMILES string of the molecule is O=C(O)CNC(C(=O)O)c1ccccc1O. The molecule has 16 heavy (non-hydrogen) atoms. The van der Waals surface area contributed by atoms with Crippen molar-refractivity contribution in [3.05, 3.63) is 29.8 Å². The van der Waals surface area contributed by atoms with Gasteiger partial charge in [0, 0.05) is 5.56 Å². The van der Waals surface area contributed by atoms with Gasteiger partial charge in [0.15, 0.2) is 0 Å². The van der Waals surface area contributed by atoms with Crippen molar-refractivity contribution in [2.45, 2.75) is 6.04 Å². The maximum Gasteiger partial charge on any atom is 0.325 e. The number of nitrogens with one attached hydrogen (secondary N) is 1. The van der Waals surface area contributed by atoms with Crippen LogP contribution in [0, 0.1) is 0 Å². The number of benzene rings is 1. The Bertz CT molecular complexity index is 404. The molecule has 0 spiro atoms. The summed E-state index contributed by atoms with van der Waals surface area (Å²) >= 11 is 0. The highest BCUT2D eigenvalue weighted by Crippen LogP contribution is 2.23. The number of phenolic OH excluding ortho intramolecular Hbond substituents is 1. The van der Waals surface area contributed by atoms with Crippen LogP contribution in [0.4, 0.5) is 0 Å². The molecule has 0 saturated heterocycles. The van der Waals surface area contributed by atoms with E-state index >= 15 is 0 Å². The predicted octanol–water partition coefficient (Wildman–Crippen LogP) is 0.192. The maximum atomic E-state index is 10.9. The Morgan fingerprint density at radius 1 is 1.25 bits per heavy atom. The molecule has 0 aliphatic carbocycles. The Kier molecular flexibility index (Phi) is 3.84. The van der Waals surface area contributed by atoms with Crippen molar-refractivity contribution >= 4 is 11.9 Å². The minimum Gasteiger partial charge on any atom is -0.508 e. The van der Waals surface area contributed by atoms with E-state index in [1.54, 1.807) is 12.1 Å². The van der Waals surface area contributed by atoms with Gasteiger partial charge in [-0.25, -0.2) is 0 Å². The zero-order chi connectivity index (χ0) is 12.1. The fourth-order valence-corrected chi connectivity index (χ4v) is 1.25. The predicted molar refractivity (Wildman–Crippen MR) is 54.1 cm³/mol. The average molecular weight is 225 g/mol. The zero-order valence-electron chi connectivity index (χ0n) is 8.25. The quantitative estimate of drug-likeness (QED) is 0.570. The number of para-hydroxylation sites is 1. The van der Waals surface area contributed by atoms with Crippen LogP contribution in [0.15, 0.2) is 24.3 Å². The van der Waals surface area contributed by atoms with Crippen molar-refractivity contribution in [3.63, 3.8) is 0 Å². The fraction of sp³-hybridized carbons (Fsp3) is 0.200. The van der Waals surface area contributed by atoms with Crippen LogP contribution in [-0.4, -0.2) is 33.8 Å². The summed E-state index contributed by atoms with van der Waals surface area (Å²) in [4.78, 5) is 21.2. The molecule has 4 N–H and O–H groups in total. The van der Waals surface area contributed by atoms with Crippen molar-refractivity contribution in [2.24, 2.45) is 0 Å². The Labute approximate surface area is 91.1 Å². The molecule has 1 unspecified atom stereocenters. The number of carboxylic acids is 2. The van der Waals surface area contributed by atoms with Gasteiger partial charge in [0.1, 0.15) is 11.8 Å². The summed E-state index contributed by atoms with van der Waals surface area (Å²) in [6.45, 7) is -0.495. The monoisotopic (exact) mass is 225 g/mol. The van der Waals surface area contributed by atoms with Crippen molar-refractivity contribution in [1.82, 2.24) is 5.32 Å². The Morgan fingerprint density at radius 3 is 2.38 bits per heavy atom. The Balaban J connectivity index is 2.90. The van der Waals surface area contributed by atoms with Gasteiger partial charge in [-0.2, -0.15) is 0 Å². The lowest BCUT2D eigenvalue weighted by molar-refractivity contribution is -0.140. The maximum absolute atomic E-state index is 10.9. The highest BCUT2D eigenvalue weighted by Gasteiger charge is 2.22. The van der Waals surface area contributed by atoms with Crippen LogP contribution in [0.2, 0.25) is 0 Å². The summed E-state index contributed by atoms with van der Waals surface area (Å²) < 4.78 is 0. The number of carboxylic acid groups (broad SMARTS) is 2. The molecule has 6 heteroatoms. The standard InChI is InChI=1S/C10H11NO5/c12-7-4-2-1-3-6(7)9(10(15)16)11-5-8(13)14/h1-4,9,11-12H,5H2,(H,13,14)(H,15,16). The Hall–Kier alpha value is -2.08. The minimum absolute atomic E-state index is 0.135.